The molecule has 4 aromatic rings. The lowest BCUT2D eigenvalue weighted by atomic mass is 10.1. The van der Waals surface area contributed by atoms with Gasteiger partial charge in [0.15, 0.2) is 5.82 Å². The van der Waals surface area contributed by atoms with Gasteiger partial charge in [0.1, 0.15) is 0 Å². The topological polar surface area (TPSA) is 50.5 Å². The molecule has 0 N–H and O–H groups in total. The average molecular weight is 462 g/mol. The molecule has 5 rings (SSSR count). The lowest BCUT2D eigenvalue weighted by Gasteiger charge is -2.17. The summed E-state index contributed by atoms with van der Waals surface area (Å²) in [7, 11) is 0. The molecule has 172 valence electrons. The fourth-order valence-corrected chi connectivity index (χ4v) is 4.12. The van der Waals surface area contributed by atoms with Gasteiger partial charge in [-0.25, -0.2) is 4.98 Å². The minimum absolute atomic E-state index is 0.0414. The first-order valence-corrected chi connectivity index (χ1v) is 11.0. The van der Waals surface area contributed by atoms with Crippen molar-refractivity contribution in [2.45, 2.75) is 19.0 Å². The summed E-state index contributed by atoms with van der Waals surface area (Å²) >= 11 is 0. The lowest BCUT2D eigenvalue weighted by Crippen LogP contribution is -2.20. The molecule has 5 nitrogen and oxygen atoms in total. The van der Waals surface area contributed by atoms with Crippen LogP contribution < -0.4 is 10.5 Å². The van der Waals surface area contributed by atoms with E-state index < -0.39 is 17.3 Å². The van der Waals surface area contributed by atoms with Crippen LogP contribution >= 0.6 is 0 Å². The average Bonchev–Trinajstić information content (AvgIpc) is 3.38. The first kappa shape index (κ1) is 21.9. The van der Waals surface area contributed by atoms with E-state index in [0.29, 0.717) is 10.9 Å². The summed E-state index contributed by atoms with van der Waals surface area (Å²) < 4.78 is 41.0. The first-order chi connectivity index (χ1) is 16.4. The Hall–Kier alpha value is -3.94. The normalized spacial score (nSPS) is 14.4. The van der Waals surface area contributed by atoms with Gasteiger partial charge in [0, 0.05) is 24.3 Å². The zero-order valence-corrected chi connectivity index (χ0v) is 18.2. The van der Waals surface area contributed by atoms with Crippen molar-refractivity contribution < 1.29 is 13.2 Å². The van der Waals surface area contributed by atoms with E-state index in [2.05, 4.69) is 15.0 Å². The maximum atomic E-state index is 13.3. The van der Waals surface area contributed by atoms with Crippen LogP contribution in [0.1, 0.15) is 24.0 Å². The molecule has 0 unspecified atom stereocenters. The molecule has 0 bridgehead atoms. The van der Waals surface area contributed by atoms with Gasteiger partial charge in [0.05, 0.1) is 22.7 Å². The van der Waals surface area contributed by atoms with Gasteiger partial charge in [0.25, 0.3) is 5.56 Å². The maximum absolute atomic E-state index is 13.3. The summed E-state index contributed by atoms with van der Waals surface area (Å²) in [5.74, 6) is 0.0414. The Kier molecular flexibility index (Phi) is 5.65. The Morgan fingerprint density at radius 2 is 1.65 bits per heavy atom. The second kappa shape index (κ2) is 8.78. The molecule has 0 radical (unpaired) electrons. The number of fused-ring (bicyclic) bond motifs is 1. The van der Waals surface area contributed by atoms with E-state index in [-0.39, 0.29) is 11.4 Å². The molecule has 1 aliphatic rings. The Bertz CT molecular complexity index is 1420. The van der Waals surface area contributed by atoms with Crippen molar-refractivity contribution in [1.82, 2.24) is 9.66 Å². The monoisotopic (exact) mass is 462 g/mol. The number of anilines is 1. The number of hydrogen-bond acceptors (Lipinski definition) is 4. The minimum Gasteiger partial charge on any atom is -0.372 e. The molecule has 2 heterocycles. The fraction of sp³-hybridized carbons (Fsp3) is 0.192. The van der Waals surface area contributed by atoms with E-state index in [1.807, 2.05) is 24.3 Å². The Morgan fingerprint density at radius 1 is 0.912 bits per heavy atom. The van der Waals surface area contributed by atoms with Crippen LogP contribution in [0, 0.1) is 0 Å². The molecule has 0 saturated carbocycles. The number of nitrogens with zero attached hydrogens (tertiary/aromatic N) is 4. The lowest BCUT2D eigenvalue weighted by molar-refractivity contribution is -0.137. The highest BCUT2D eigenvalue weighted by atomic mass is 19.4. The van der Waals surface area contributed by atoms with E-state index in [4.69, 9.17) is 0 Å². The van der Waals surface area contributed by atoms with Crippen molar-refractivity contribution in [3.63, 3.8) is 0 Å². The van der Waals surface area contributed by atoms with Crippen LogP contribution in [-0.2, 0) is 6.18 Å². The van der Waals surface area contributed by atoms with Crippen LogP contribution in [0.3, 0.4) is 0 Å². The third-order valence-corrected chi connectivity index (χ3v) is 5.89. The van der Waals surface area contributed by atoms with Crippen molar-refractivity contribution >= 4 is 22.8 Å². The van der Waals surface area contributed by atoms with E-state index in [1.165, 1.54) is 31.2 Å². The van der Waals surface area contributed by atoms with Crippen molar-refractivity contribution in [1.29, 1.82) is 0 Å². The number of alkyl halides is 3. The van der Waals surface area contributed by atoms with Crippen LogP contribution in [0.25, 0.3) is 22.3 Å². The highest BCUT2D eigenvalue weighted by Gasteiger charge is 2.31. The predicted octanol–water partition coefficient (Wildman–Crippen LogP) is 5.56. The summed E-state index contributed by atoms with van der Waals surface area (Å²) in [4.78, 5) is 20.0. The van der Waals surface area contributed by atoms with Crippen molar-refractivity contribution in [2.75, 3.05) is 18.0 Å². The largest absolute Gasteiger partial charge is 0.416 e. The zero-order valence-electron chi connectivity index (χ0n) is 18.2. The second-order valence-electron chi connectivity index (χ2n) is 8.18. The highest BCUT2D eigenvalue weighted by molar-refractivity contribution is 5.82. The number of halogens is 3. The van der Waals surface area contributed by atoms with Crippen molar-refractivity contribution in [3.05, 3.63) is 94.3 Å². The van der Waals surface area contributed by atoms with E-state index >= 15 is 0 Å². The Morgan fingerprint density at radius 3 is 2.38 bits per heavy atom. The predicted molar refractivity (Wildman–Crippen MR) is 127 cm³/mol. The summed E-state index contributed by atoms with van der Waals surface area (Å²) in [6.07, 6.45) is -0.639. The Balaban J connectivity index is 1.59. The van der Waals surface area contributed by atoms with Gasteiger partial charge < -0.3 is 4.90 Å². The molecule has 34 heavy (non-hydrogen) atoms. The first-order valence-electron chi connectivity index (χ1n) is 11.0. The standard InChI is InChI=1S/C26H21F3N4O/c27-26(28,29)20-7-5-6-19(16-20)24-31-23-9-2-1-8-22(23)25(34)33(24)30-17-18-10-12-21(13-11-18)32-14-3-4-15-32/h1-2,5-13,16-17H,3-4,14-15H2. The molecule has 3 aromatic carbocycles. The SMILES string of the molecule is O=c1c2ccccc2nc(-c2cccc(C(F)(F)F)c2)n1N=Cc1ccc(N2CCCC2)cc1. The van der Waals surface area contributed by atoms with Gasteiger partial charge in [-0.05, 0) is 54.8 Å². The van der Waals surface area contributed by atoms with Crippen molar-refractivity contribution in [3.8, 4) is 11.4 Å². The van der Waals surface area contributed by atoms with Crippen LogP contribution in [0.15, 0.2) is 82.7 Å². The van der Waals surface area contributed by atoms with Gasteiger partial charge in [0.2, 0.25) is 0 Å². The minimum atomic E-state index is -4.52. The van der Waals surface area contributed by atoms with Crippen LogP contribution in [0.5, 0.6) is 0 Å². The summed E-state index contributed by atoms with van der Waals surface area (Å²) in [6, 6.07) is 19.3. The van der Waals surface area contributed by atoms with Crippen molar-refractivity contribution in [2.24, 2.45) is 5.10 Å². The van der Waals surface area contributed by atoms with Gasteiger partial charge in [-0.2, -0.15) is 22.9 Å². The Labute approximate surface area is 193 Å². The summed E-state index contributed by atoms with van der Waals surface area (Å²) in [6.45, 7) is 2.07. The molecular weight excluding hydrogens is 441 g/mol. The molecular formula is C26H21F3N4O. The van der Waals surface area contributed by atoms with Crippen LogP contribution in [0.4, 0.5) is 18.9 Å². The van der Waals surface area contributed by atoms with E-state index in [0.717, 1.165) is 41.1 Å². The number of hydrogen-bond donors (Lipinski definition) is 0. The molecule has 0 atom stereocenters. The molecule has 1 aromatic heterocycles. The van der Waals surface area contributed by atoms with E-state index in [9.17, 15) is 18.0 Å². The maximum Gasteiger partial charge on any atom is 0.416 e. The number of rotatable bonds is 4. The van der Waals surface area contributed by atoms with Gasteiger partial charge in [-0.1, -0.05) is 36.4 Å². The molecule has 0 aliphatic carbocycles. The molecule has 8 heteroatoms. The quantitative estimate of drug-likeness (QED) is 0.373. The van der Waals surface area contributed by atoms with E-state index in [1.54, 1.807) is 24.3 Å². The smallest absolute Gasteiger partial charge is 0.372 e. The zero-order chi connectivity index (χ0) is 23.7. The van der Waals surface area contributed by atoms with Gasteiger partial charge in [-0.15, -0.1) is 0 Å². The summed E-state index contributed by atoms with van der Waals surface area (Å²) in [5.41, 5.74) is 1.16. The number of aromatic nitrogens is 2. The van der Waals surface area contributed by atoms with Gasteiger partial charge in [-0.3, -0.25) is 4.79 Å². The third-order valence-electron chi connectivity index (χ3n) is 5.89. The molecule has 1 fully saturated rings. The molecule has 0 spiro atoms. The highest BCUT2D eigenvalue weighted by Crippen LogP contribution is 2.32. The van der Waals surface area contributed by atoms with Crippen LogP contribution in [0.2, 0.25) is 0 Å². The van der Waals surface area contributed by atoms with Gasteiger partial charge >= 0.3 is 6.18 Å². The van der Waals surface area contributed by atoms with Crippen LogP contribution in [-0.4, -0.2) is 29.0 Å². The third kappa shape index (κ3) is 4.31. The number of benzene rings is 3. The molecule has 0 amide bonds. The number of para-hydroxylation sites is 1. The molecule has 1 saturated heterocycles. The second-order valence-corrected chi connectivity index (χ2v) is 8.18. The summed E-state index contributed by atoms with van der Waals surface area (Å²) in [5, 5.41) is 4.68. The fourth-order valence-electron chi connectivity index (χ4n) is 4.12. The molecule has 1 aliphatic heterocycles.